The number of hydrogen-bond donors (Lipinski definition) is 0. The second kappa shape index (κ2) is 10.1. The molecule has 0 saturated carbocycles. The van der Waals surface area contributed by atoms with E-state index in [9.17, 15) is 4.79 Å². The molecule has 0 aliphatic carbocycles. The Balaban J connectivity index is 1.76. The van der Waals surface area contributed by atoms with Crippen LogP contribution in [0.15, 0.2) is 40.9 Å². The molecule has 0 atom stereocenters. The van der Waals surface area contributed by atoms with Crippen LogP contribution in [0.1, 0.15) is 39.9 Å². The van der Waals surface area contributed by atoms with Gasteiger partial charge in [-0.05, 0) is 56.7 Å². The minimum absolute atomic E-state index is 0.121. The lowest BCUT2D eigenvalue weighted by atomic mass is 10.1. The molecule has 164 valence electrons. The molecule has 1 heterocycles. The Labute approximate surface area is 191 Å². The van der Waals surface area contributed by atoms with E-state index in [0.717, 1.165) is 16.8 Å². The minimum Gasteiger partial charge on any atom is -0.493 e. The first-order valence-electron chi connectivity index (χ1n) is 9.79. The summed E-state index contributed by atoms with van der Waals surface area (Å²) in [5.41, 5.74) is 3.07. The van der Waals surface area contributed by atoms with Crippen LogP contribution in [0.4, 0.5) is 0 Å². The number of rotatable bonds is 8. The van der Waals surface area contributed by atoms with Gasteiger partial charge in [0, 0.05) is 18.7 Å². The Kier molecular flexibility index (Phi) is 7.46. The third kappa shape index (κ3) is 5.32. The maximum Gasteiger partial charge on any atom is 0.254 e. The molecule has 0 aliphatic rings. The fourth-order valence-electron chi connectivity index (χ4n) is 3.15. The van der Waals surface area contributed by atoms with Crippen molar-refractivity contribution in [3.05, 3.63) is 74.6 Å². The van der Waals surface area contributed by atoms with Gasteiger partial charge >= 0.3 is 0 Å². The van der Waals surface area contributed by atoms with Crippen molar-refractivity contribution in [3.63, 3.8) is 0 Å². The number of amides is 1. The monoisotopic (exact) mass is 462 g/mol. The second-order valence-corrected chi connectivity index (χ2v) is 7.84. The molecule has 0 saturated heterocycles. The summed E-state index contributed by atoms with van der Waals surface area (Å²) in [4.78, 5) is 14.8. The average molecular weight is 463 g/mol. The highest BCUT2D eigenvalue weighted by atomic mass is 35.5. The van der Waals surface area contributed by atoms with E-state index in [2.05, 4.69) is 5.16 Å². The Hall–Kier alpha value is -2.70. The number of aromatic nitrogens is 1. The normalized spacial score (nSPS) is 10.8. The van der Waals surface area contributed by atoms with Gasteiger partial charge in [-0.25, -0.2) is 0 Å². The highest BCUT2D eigenvalue weighted by Gasteiger charge is 2.18. The number of halogens is 2. The van der Waals surface area contributed by atoms with Crippen molar-refractivity contribution in [1.29, 1.82) is 0 Å². The Morgan fingerprint density at radius 1 is 1.10 bits per heavy atom. The van der Waals surface area contributed by atoms with Gasteiger partial charge < -0.3 is 18.9 Å². The zero-order chi connectivity index (χ0) is 22.5. The number of methoxy groups -OCH3 is 1. The molecule has 0 N–H and O–H groups in total. The number of nitrogens with zero attached hydrogens (tertiary/aromatic N) is 2. The summed E-state index contributed by atoms with van der Waals surface area (Å²) < 4.78 is 16.5. The summed E-state index contributed by atoms with van der Waals surface area (Å²) in [6.07, 6.45) is 0. The quantitative estimate of drug-likeness (QED) is 0.420. The van der Waals surface area contributed by atoms with Crippen LogP contribution in [-0.2, 0) is 13.2 Å². The van der Waals surface area contributed by atoms with E-state index in [4.69, 9.17) is 37.2 Å². The molecular formula is C23H24Cl2N2O4. The van der Waals surface area contributed by atoms with Gasteiger partial charge in [-0.3, -0.25) is 4.79 Å². The van der Waals surface area contributed by atoms with Gasteiger partial charge in [0.05, 0.1) is 28.4 Å². The predicted molar refractivity (Wildman–Crippen MR) is 120 cm³/mol. The first kappa shape index (κ1) is 23.0. The van der Waals surface area contributed by atoms with Gasteiger partial charge in [0.1, 0.15) is 12.4 Å². The molecule has 0 bridgehead atoms. The Morgan fingerprint density at radius 2 is 1.87 bits per heavy atom. The summed E-state index contributed by atoms with van der Waals surface area (Å²) in [6.45, 7) is 6.87. The van der Waals surface area contributed by atoms with Gasteiger partial charge in [0.15, 0.2) is 11.5 Å². The van der Waals surface area contributed by atoms with Crippen molar-refractivity contribution in [1.82, 2.24) is 10.1 Å². The standard InChI is InChI=1S/C23H24Cl2N2O4/c1-5-27(12-16-6-8-19(24)20(25)10-16)23(28)17-7-9-21(22(11-17)29-4)30-13-18-14(2)26-31-15(18)3/h6-11H,5,12-13H2,1-4H3. The minimum atomic E-state index is -0.121. The summed E-state index contributed by atoms with van der Waals surface area (Å²) in [6, 6.07) is 10.5. The molecule has 0 aliphatic heterocycles. The van der Waals surface area contributed by atoms with E-state index in [-0.39, 0.29) is 5.91 Å². The van der Waals surface area contributed by atoms with Crippen LogP contribution in [0.5, 0.6) is 11.5 Å². The first-order valence-corrected chi connectivity index (χ1v) is 10.5. The van der Waals surface area contributed by atoms with E-state index in [1.165, 1.54) is 0 Å². The van der Waals surface area contributed by atoms with Gasteiger partial charge in [-0.1, -0.05) is 34.4 Å². The lowest BCUT2D eigenvalue weighted by molar-refractivity contribution is 0.0752. The van der Waals surface area contributed by atoms with E-state index in [0.29, 0.717) is 52.6 Å². The Bertz CT molecular complexity index is 1060. The fourth-order valence-corrected chi connectivity index (χ4v) is 3.47. The molecule has 0 spiro atoms. The molecule has 0 unspecified atom stereocenters. The lowest BCUT2D eigenvalue weighted by Crippen LogP contribution is -2.30. The molecule has 3 aromatic rings. The van der Waals surface area contributed by atoms with Gasteiger partial charge in [-0.2, -0.15) is 0 Å². The smallest absolute Gasteiger partial charge is 0.254 e. The summed E-state index contributed by atoms with van der Waals surface area (Å²) in [7, 11) is 1.54. The van der Waals surface area contributed by atoms with E-state index in [1.807, 2.05) is 26.8 Å². The van der Waals surface area contributed by atoms with E-state index in [1.54, 1.807) is 42.3 Å². The molecule has 0 radical (unpaired) electrons. The maximum atomic E-state index is 13.1. The lowest BCUT2D eigenvalue weighted by Gasteiger charge is -2.22. The SMILES string of the molecule is CCN(Cc1ccc(Cl)c(Cl)c1)C(=O)c1ccc(OCc2c(C)noc2C)c(OC)c1. The van der Waals surface area contributed by atoms with Crippen LogP contribution >= 0.6 is 23.2 Å². The molecule has 8 heteroatoms. The van der Waals surface area contributed by atoms with Crippen molar-refractivity contribution in [2.75, 3.05) is 13.7 Å². The van der Waals surface area contributed by atoms with Crippen molar-refractivity contribution in [2.45, 2.75) is 33.9 Å². The van der Waals surface area contributed by atoms with E-state index >= 15 is 0 Å². The number of ether oxygens (including phenoxy) is 2. The molecule has 0 fully saturated rings. The summed E-state index contributed by atoms with van der Waals surface area (Å²) in [5, 5.41) is 4.87. The number of carbonyl (C=O) groups is 1. The molecule has 6 nitrogen and oxygen atoms in total. The number of carbonyl (C=O) groups excluding carboxylic acids is 1. The fraction of sp³-hybridized carbons (Fsp3) is 0.304. The maximum absolute atomic E-state index is 13.1. The number of hydrogen-bond acceptors (Lipinski definition) is 5. The van der Waals surface area contributed by atoms with Gasteiger partial charge in [-0.15, -0.1) is 0 Å². The second-order valence-electron chi connectivity index (χ2n) is 7.02. The molecule has 2 aromatic carbocycles. The van der Waals surface area contributed by atoms with Crippen molar-refractivity contribution >= 4 is 29.1 Å². The highest BCUT2D eigenvalue weighted by molar-refractivity contribution is 6.42. The Morgan fingerprint density at radius 3 is 2.48 bits per heavy atom. The number of benzene rings is 2. The third-order valence-electron chi connectivity index (χ3n) is 4.99. The average Bonchev–Trinajstić information content (AvgIpc) is 3.09. The van der Waals surface area contributed by atoms with Crippen LogP contribution in [0.3, 0.4) is 0 Å². The largest absolute Gasteiger partial charge is 0.493 e. The zero-order valence-electron chi connectivity index (χ0n) is 17.9. The summed E-state index contributed by atoms with van der Waals surface area (Å²) >= 11 is 12.1. The molecule has 1 amide bonds. The van der Waals surface area contributed by atoms with Crippen molar-refractivity contribution in [3.8, 4) is 11.5 Å². The topological polar surface area (TPSA) is 64.8 Å². The molecule has 3 rings (SSSR count). The molecule has 1 aromatic heterocycles. The first-order chi connectivity index (χ1) is 14.8. The van der Waals surface area contributed by atoms with Crippen molar-refractivity contribution in [2.24, 2.45) is 0 Å². The van der Waals surface area contributed by atoms with Crippen LogP contribution in [0.2, 0.25) is 10.0 Å². The predicted octanol–water partition coefficient (Wildman–Crippen LogP) is 5.85. The highest BCUT2D eigenvalue weighted by Crippen LogP contribution is 2.30. The molecule has 31 heavy (non-hydrogen) atoms. The van der Waals surface area contributed by atoms with Crippen LogP contribution in [0, 0.1) is 13.8 Å². The number of aryl methyl sites for hydroxylation is 2. The molecular weight excluding hydrogens is 439 g/mol. The van der Waals surface area contributed by atoms with Crippen LogP contribution < -0.4 is 9.47 Å². The van der Waals surface area contributed by atoms with Gasteiger partial charge in [0.2, 0.25) is 0 Å². The van der Waals surface area contributed by atoms with E-state index < -0.39 is 0 Å². The van der Waals surface area contributed by atoms with Crippen molar-refractivity contribution < 1.29 is 18.8 Å². The van der Waals surface area contributed by atoms with Gasteiger partial charge in [0.25, 0.3) is 5.91 Å². The van der Waals surface area contributed by atoms with Crippen LogP contribution in [-0.4, -0.2) is 29.6 Å². The van der Waals surface area contributed by atoms with Crippen LogP contribution in [0.25, 0.3) is 0 Å². The summed E-state index contributed by atoms with van der Waals surface area (Å²) in [5.74, 6) is 1.60. The zero-order valence-corrected chi connectivity index (χ0v) is 19.4. The third-order valence-corrected chi connectivity index (χ3v) is 5.73.